The molecule has 0 spiro atoms. The maximum absolute atomic E-state index is 11.8. The van der Waals surface area contributed by atoms with E-state index in [0.717, 1.165) is 17.7 Å². The number of carbonyl (C=O) groups is 1. The Morgan fingerprint density at radius 1 is 0.958 bits per heavy atom. The van der Waals surface area contributed by atoms with Crippen molar-refractivity contribution in [2.24, 2.45) is 0 Å². The number of rotatable bonds is 9. The summed E-state index contributed by atoms with van der Waals surface area (Å²) in [5.41, 5.74) is 1.15. The molecule has 0 aromatic heterocycles. The quantitative estimate of drug-likeness (QED) is 0.768. The summed E-state index contributed by atoms with van der Waals surface area (Å²) in [5.74, 6) is 2.11. The normalized spacial score (nSPS) is 10.1. The first-order valence-electron chi connectivity index (χ1n) is 7.88. The van der Waals surface area contributed by atoms with Gasteiger partial charge in [0.2, 0.25) is 5.91 Å². The monoisotopic (exact) mass is 329 g/mol. The SMILES string of the molecule is COc1ccc(CCNC(=O)CCOc2ccccc2OC)cc1. The first-order chi connectivity index (χ1) is 11.7. The second-order valence-corrected chi connectivity index (χ2v) is 5.20. The summed E-state index contributed by atoms with van der Waals surface area (Å²) in [5, 5.41) is 2.89. The second-order valence-electron chi connectivity index (χ2n) is 5.20. The summed E-state index contributed by atoms with van der Waals surface area (Å²) >= 11 is 0. The van der Waals surface area contributed by atoms with Gasteiger partial charge in [0.05, 0.1) is 27.2 Å². The molecule has 0 aliphatic rings. The van der Waals surface area contributed by atoms with E-state index in [1.165, 1.54) is 0 Å². The van der Waals surface area contributed by atoms with Crippen LogP contribution in [-0.4, -0.2) is 33.3 Å². The van der Waals surface area contributed by atoms with Gasteiger partial charge in [0.15, 0.2) is 11.5 Å². The molecule has 0 bridgehead atoms. The van der Waals surface area contributed by atoms with Crippen LogP contribution in [0.15, 0.2) is 48.5 Å². The molecule has 0 unspecified atom stereocenters. The molecule has 2 aromatic carbocycles. The van der Waals surface area contributed by atoms with Crippen LogP contribution in [0.25, 0.3) is 0 Å². The minimum Gasteiger partial charge on any atom is -0.497 e. The molecule has 2 rings (SSSR count). The minimum atomic E-state index is -0.0293. The smallest absolute Gasteiger partial charge is 0.223 e. The highest BCUT2D eigenvalue weighted by Gasteiger charge is 2.05. The van der Waals surface area contributed by atoms with Gasteiger partial charge in [-0.15, -0.1) is 0 Å². The summed E-state index contributed by atoms with van der Waals surface area (Å²) < 4.78 is 15.9. The van der Waals surface area contributed by atoms with Gasteiger partial charge in [-0.2, -0.15) is 0 Å². The molecule has 0 aliphatic carbocycles. The van der Waals surface area contributed by atoms with Crippen molar-refractivity contribution in [3.8, 4) is 17.2 Å². The van der Waals surface area contributed by atoms with E-state index in [1.807, 2.05) is 48.5 Å². The Kier molecular flexibility index (Phi) is 6.95. The molecule has 0 fully saturated rings. The molecule has 0 aliphatic heterocycles. The van der Waals surface area contributed by atoms with Gasteiger partial charge >= 0.3 is 0 Å². The first-order valence-corrected chi connectivity index (χ1v) is 7.88. The number of para-hydroxylation sites is 2. The molecule has 2 aromatic rings. The molecular weight excluding hydrogens is 306 g/mol. The topological polar surface area (TPSA) is 56.8 Å². The van der Waals surface area contributed by atoms with E-state index in [4.69, 9.17) is 14.2 Å². The van der Waals surface area contributed by atoms with Crippen LogP contribution in [0, 0.1) is 0 Å². The maximum atomic E-state index is 11.8. The molecule has 128 valence electrons. The molecular formula is C19H23NO4. The maximum Gasteiger partial charge on any atom is 0.223 e. The van der Waals surface area contributed by atoms with E-state index in [-0.39, 0.29) is 5.91 Å². The molecule has 0 saturated heterocycles. The summed E-state index contributed by atoms with van der Waals surface area (Å²) in [7, 11) is 3.23. The third kappa shape index (κ3) is 5.50. The number of nitrogens with one attached hydrogen (secondary N) is 1. The average molecular weight is 329 g/mol. The lowest BCUT2D eigenvalue weighted by Crippen LogP contribution is -2.27. The van der Waals surface area contributed by atoms with Crippen LogP contribution in [0.5, 0.6) is 17.2 Å². The molecule has 1 amide bonds. The summed E-state index contributed by atoms with van der Waals surface area (Å²) in [6.07, 6.45) is 1.09. The van der Waals surface area contributed by atoms with Crippen LogP contribution in [0.1, 0.15) is 12.0 Å². The van der Waals surface area contributed by atoms with Crippen molar-refractivity contribution in [1.29, 1.82) is 0 Å². The number of amides is 1. The van der Waals surface area contributed by atoms with Gasteiger partial charge in [-0.3, -0.25) is 4.79 Å². The first kappa shape index (κ1) is 17.7. The van der Waals surface area contributed by atoms with Gasteiger partial charge in [-0.25, -0.2) is 0 Å². The summed E-state index contributed by atoms with van der Waals surface area (Å²) in [6.45, 7) is 0.911. The van der Waals surface area contributed by atoms with Crippen molar-refractivity contribution in [2.45, 2.75) is 12.8 Å². The van der Waals surface area contributed by atoms with Crippen LogP contribution in [0.2, 0.25) is 0 Å². The molecule has 0 radical (unpaired) electrons. The van der Waals surface area contributed by atoms with Crippen LogP contribution in [0.3, 0.4) is 0 Å². The zero-order valence-electron chi connectivity index (χ0n) is 14.1. The zero-order chi connectivity index (χ0) is 17.2. The van der Waals surface area contributed by atoms with E-state index >= 15 is 0 Å². The van der Waals surface area contributed by atoms with E-state index in [1.54, 1.807) is 14.2 Å². The Hall–Kier alpha value is -2.69. The van der Waals surface area contributed by atoms with Gasteiger partial charge < -0.3 is 19.5 Å². The third-order valence-corrected chi connectivity index (χ3v) is 3.55. The van der Waals surface area contributed by atoms with Gasteiger partial charge in [0.1, 0.15) is 5.75 Å². The standard InChI is InChI=1S/C19H23NO4/c1-22-16-9-7-15(8-10-16)11-13-20-19(21)12-14-24-18-6-4-3-5-17(18)23-2/h3-10H,11-14H2,1-2H3,(H,20,21). The number of ether oxygens (including phenoxy) is 3. The highest BCUT2D eigenvalue weighted by Crippen LogP contribution is 2.25. The fourth-order valence-electron chi connectivity index (χ4n) is 2.22. The van der Waals surface area contributed by atoms with Crippen LogP contribution in [0.4, 0.5) is 0 Å². The predicted octanol–water partition coefficient (Wildman–Crippen LogP) is 2.83. The van der Waals surface area contributed by atoms with Crippen LogP contribution < -0.4 is 19.5 Å². The lowest BCUT2D eigenvalue weighted by atomic mass is 10.1. The van der Waals surface area contributed by atoms with E-state index in [2.05, 4.69) is 5.32 Å². The summed E-state index contributed by atoms with van der Waals surface area (Å²) in [6, 6.07) is 15.2. The molecule has 0 heterocycles. The lowest BCUT2D eigenvalue weighted by Gasteiger charge is -2.10. The van der Waals surface area contributed by atoms with E-state index < -0.39 is 0 Å². The largest absolute Gasteiger partial charge is 0.497 e. The number of benzene rings is 2. The van der Waals surface area contributed by atoms with Gasteiger partial charge in [-0.1, -0.05) is 24.3 Å². The number of carbonyl (C=O) groups excluding carboxylic acids is 1. The van der Waals surface area contributed by atoms with Crippen molar-refractivity contribution in [3.05, 3.63) is 54.1 Å². The Labute approximate surface area is 142 Å². The van der Waals surface area contributed by atoms with Crippen LogP contribution >= 0.6 is 0 Å². The van der Waals surface area contributed by atoms with Crippen molar-refractivity contribution < 1.29 is 19.0 Å². The Morgan fingerprint density at radius 3 is 2.33 bits per heavy atom. The fourth-order valence-corrected chi connectivity index (χ4v) is 2.22. The minimum absolute atomic E-state index is 0.0293. The van der Waals surface area contributed by atoms with Gasteiger partial charge in [0, 0.05) is 6.54 Å². The van der Waals surface area contributed by atoms with Crippen LogP contribution in [-0.2, 0) is 11.2 Å². The molecule has 1 N–H and O–H groups in total. The zero-order valence-corrected chi connectivity index (χ0v) is 14.1. The van der Waals surface area contributed by atoms with Crippen molar-refractivity contribution in [3.63, 3.8) is 0 Å². The number of hydrogen-bond acceptors (Lipinski definition) is 4. The molecule has 5 heteroatoms. The van der Waals surface area contributed by atoms with E-state index in [0.29, 0.717) is 31.1 Å². The van der Waals surface area contributed by atoms with Gasteiger partial charge in [0.25, 0.3) is 0 Å². The third-order valence-electron chi connectivity index (χ3n) is 3.55. The number of methoxy groups -OCH3 is 2. The second kappa shape index (κ2) is 9.45. The lowest BCUT2D eigenvalue weighted by molar-refractivity contribution is -0.121. The molecule has 0 atom stereocenters. The van der Waals surface area contributed by atoms with Crippen molar-refractivity contribution >= 4 is 5.91 Å². The van der Waals surface area contributed by atoms with Crippen molar-refractivity contribution in [2.75, 3.05) is 27.4 Å². The number of hydrogen-bond donors (Lipinski definition) is 1. The Balaban J connectivity index is 1.66. The average Bonchev–Trinajstić information content (AvgIpc) is 2.62. The molecule has 0 saturated carbocycles. The fraction of sp³-hybridized carbons (Fsp3) is 0.316. The summed E-state index contributed by atoms with van der Waals surface area (Å²) in [4.78, 5) is 11.8. The Bertz CT molecular complexity index is 640. The predicted molar refractivity (Wildman–Crippen MR) is 92.8 cm³/mol. The highest BCUT2D eigenvalue weighted by molar-refractivity contribution is 5.76. The van der Waals surface area contributed by atoms with E-state index in [9.17, 15) is 4.79 Å². The van der Waals surface area contributed by atoms with Gasteiger partial charge in [-0.05, 0) is 36.2 Å². The molecule has 5 nitrogen and oxygen atoms in total. The Morgan fingerprint density at radius 2 is 1.67 bits per heavy atom. The highest BCUT2D eigenvalue weighted by atomic mass is 16.5. The molecule has 24 heavy (non-hydrogen) atoms. The van der Waals surface area contributed by atoms with Crippen molar-refractivity contribution in [1.82, 2.24) is 5.32 Å².